The quantitative estimate of drug-likeness (QED) is 0.730. The largest absolute Gasteiger partial charge is 0.495 e. The van der Waals surface area contributed by atoms with Crippen LogP contribution in [0.4, 0.5) is 5.69 Å². The van der Waals surface area contributed by atoms with Crippen LogP contribution >= 0.6 is 43.6 Å². The summed E-state index contributed by atoms with van der Waals surface area (Å²) >= 11 is 8.11. The van der Waals surface area contributed by atoms with Gasteiger partial charge in [0.1, 0.15) is 12.1 Å². The van der Waals surface area contributed by atoms with Gasteiger partial charge in [0.2, 0.25) is 5.91 Å². The number of nitrogens with zero attached hydrogens (tertiary/aromatic N) is 3. The molecular formula is C12H12Br2N4O2S. The van der Waals surface area contributed by atoms with Crippen LogP contribution in [0.25, 0.3) is 0 Å². The molecule has 0 unspecified atom stereocenters. The fourth-order valence-electron chi connectivity index (χ4n) is 1.50. The maximum absolute atomic E-state index is 12.0. The number of thioether (sulfide) groups is 1. The summed E-state index contributed by atoms with van der Waals surface area (Å²) in [6, 6.07) is 3.57. The van der Waals surface area contributed by atoms with Crippen molar-refractivity contribution < 1.29 is 9.53 Å². The first-order valence-electron chi connectivity index (χ1n) is 5.81. The van der Waals surface area contributed by atoms with E-state index < -0.39 is 0 Å². The summed E-state index contributed by atoms with van der Waals surface area (Å²) in [5, 5.41) is 11.2. The lowest BCUT2D eigenvalue weighted by Crippen LogP contribution is -2.15. The Balaban J connectivity index is 2.01. The van der Waals surface area contributed by atoms with Crippen molar-refractivity contribution in [2.75, 3.05) is 18.2 Å². The van der Waals surface area contributed by atoms with Crippen LogP contribution in [0.3, 0.4) is 0 Å². The van der Waals surface area contributed by atoms with Gasteiger partial charge in [0.25, 0.3) is 0 Å². The Morgan fingerprint density at radius 2 is 2.19 bits per heavy atom. The van der Waals surface area contributed by atoms with Crippen molar-refractivity contribution in [1.82, 2.24) is 14.8 Å². The summed E-state index contributed by atoms with van der Waals surface area (Å²) in [4.78, 5) is 12.0. The van der Waals surface area contributed by atoms with E-state index in [2.05, 4.69) is 47.4 Å². The highest BCUT2D eigenvalue weighted by Crippen LogP contribution is 2.34. The summed E-state index contributed by atoms with van der Waals surface area (Å²) in [5.74, 6) is 0.764. The number of nitrogens with one attached hydrogen (secondary N) is 1. The molecule has 1 amide bonds. The van der Waals surface area contributed by atoms with Gasteiger partial charge in [0.05, 0.1) is 23.0 Å². The first-order chi connectivity index (χ1) is 10.0. The van der Waals surface area contributed by atoms with E-state index in [9.17, 15) is 4.79 Å². The summed E-state index contributed by atoms with van der Waals surface area (Å²) in [5.41, 5.74) is 0.651. The highest BCUT2D eigenvalue weighted by Gasteiger charge is 2.11. The summed E-state index contributed by atoms with van der Waals surface area (Å²) < 4.78 is 8.55. The Bertz CT molecular complexity index is 663. The predicted octanol–water partition coefficient (Wildman–Crippen LogP) is 3.08. The molecule has 9 heteroatoms. The number of ether oxygens (including phenoxy) is 1. The second kappa shape index (κ2) is 7.28. The van der Waals surface area contributed by atoms with Crippen LogP contribution in [0, 0.1) is 0 Å². The third-order valence-electron chi connectivity index (χ3n) is 2.52. The number of aryl methyl sites for hydroxylation is 1. The van der Waals surface area contributed by atoms with Gasteiger partial charge in [-0.15, -0.1) is 10.2 Å². The average molecular weight is 436 g/mol. The van der Waals surface area contributed by atoms with E-state index in [1.807, 2.05) is 13.1 Å². The molecule has 0 aliphatic heterocycles. The van der Waals surface area contributed by atoms with Gasteiger partial charge in [0.15, 0.2) is 5.16 Å². The van der Waals surface area contributed by atoms with E-state index in [1.54, 1.807) is 24.1 Å². The molecule has 0 radical (unpaired) electrons. The minimum absolute atomic E-state index is 0.131. The second-order valence-electron chi connectivity index (χ2n) is 4.03. The molecule has 0 saturated carbocycles. The third kappa shape index (κ3) is 4.21. The molecule has 0 fully saturated rings. The molecule has 112 valence electrons. The normalized spacial score (nSPS) is 10.5. The van der Waals surface area contributed by atoms with Crippen molar-refractivity contribution >= 4 is 55.2 Å². The van der Waals surface area contributed by atoms with Crippen molar-refractivity contribution in [2.45, 2.75) is 5.16 Å². The Morgan fingerprint density at radius 3 is 2.81 bits per heavy atom. The van der Waals surface area contributed by atoms with Gasteiger partial charge < -0.3 is 14.6 Å². The van der Waals surface area contributed by atoms with Gasteiger partial charge in [-0.05, 0) is 37.9 Å². The zero-order valence-corrected chi connectivity index (χ0v) is 15.2. The molecule has 0 saturated heterocycles. The summed E-state index contributed by atoms with van der Waals surface area (Å²) in [6.07, 6.45) is 1.59. The summed E-state index contributed by atoms with van der Waals surface area (Å²) in [6.45, 7) is 0. The molecule has 0 bridgehead atoms. The Hall–Kier alpha value is -1.06. The Kier molecular flexibility index (Phi) is 5.65. The number of amides is 1. The number of anilines is 1. The molecule has 2 rings (SSSR count). The molecule has 0 aliphatic carbocycles. The highest BCUT2D eigenvalue weighted by molar-refractivity contribution is 9.11. The molecule has 1 N–H and O–H groups in total. The number of carbonyl (C=O) groups excluding carboxylic acids is 1. The lowest BCUT2D eigenvalue weighted by Gasteiger charge is -2.10. The van der Waals surface area contributed by atoms with Gasteiger partial charge in [0, 0.05) is 17.6 Å². The van der Waals surface area contributed by atoms with Gasteiger partial charge in [-0.2, -0.15) is 0 Å². The number of hydrogen-bond donors (Lipinski definition) is 1. The monoisotopic (exact) mass is 434 g/mol. The molecule has 0 spiro atoms. The van der Waals surface area contributed by atoms with E-state index in [-0.39, 0.29) is 11.7 Å². The standard InChI is InChI=1S/C12H12Br2N4O2S/c1-18-6-15-17-12(18)21-5-11(19)16-9-4-10(20-2)8(14)3-7(9)13/h3-4,6H,5H2,1-2H3,(H,16,19). The van der Waals surface area contributed by atoms with Crippen LogP contribution in [0.5, 0.6) is 5.75 Å². The predicted molar refractivity (Wildman–Crippen MR) is 88.8 cm³/mol. The van der Waals surface area contributed by atoms with Crippen molar-refractivity contribution in [1.29, 1.82) is 0 Å². The number of rotatable bonds is 5. The van der Waals surface area contributed by atoms with Crippen LogP contribution in [-0.2, 0) is 11.8 Å². The van der Waals surface area contributed by atoms with E-state index in [4.69, 9.17) is 4.74 Å². The topological polar surface area (TPSA) is 69.0 Å². The van der Waals surface area contributed by atoms with Crippen LogP contribution in [0.15, 0.2) is 32.6 Å². The number of halogens is 2. The lowest BCUT2D eigenvalue weighted by atomic mass is 10.3. The van der Waals surface area contributed by atoms with Crippen LogP contribution in [0.1, 0.15) is 0 Å². The van der Waals surface area contributed by atoms with Crippen LogP contribution < -0.4 is 10.1 Å². The fraction of sp³-hybridized carbons (Fsp3) is 0.250. The minimum Gasteiger partial charge on any atom is -0.495 e. The maximum atomic E-state index is 12.0. The van der Waals surface area contributed by atoms with Gasteiger partial charge in [-0.3, -0.25) is 4.79 Å². The molecule has 0 aliphatic rings. The smallest absolute Gasteiger partial charge is 0.234 e. The number of hydrogen-bond acceptors (Lipinski definition) is 5. The zero-order chi connectivity index (χ0) is 15.4. The minimum atomic E-state index is -0.131. The number of methoxy groups -OCH3 is 1. The molecule has 2 aromatic rings. The SMILES string of the molecule is COc1cc(NC(=O)CSc2nncn2C)c(Br)cc1Br. The second-order valence-corrected chi connectivity index (χ2v) is 6.68. The lowest BCUT2D eigenvalue weighted by molar-refractivity contribution is -0.113. The van der Waals surface area contributed by atoms with Crippen LogP contribution in [0.2, 0.25) is 0 Å². The van der Waals surface area contributed by atoms with Crippen molar-refractivity contribution in [3.63, 3.8) is 0 Å². The first-order valence-corrected chi connectivity index (χ1v) is 8.38. The number of benzene rings is 1. The first kappa shape index (κ1) is 16.3. The van der Waals surface area contributed by atoms with Gasteiger partial charge in [-0.1, -0.05) is 11.8 Å². The van der Waals surface area contributed by atoms with Gasteiger partial charge in [-0.25, -0.2) is 0 Å². The highest BCUT2D eigenvalue weighted by atomic mass is 79.9. The average Bonchev–Trinajstić information content (AvgIpc) is 2.85. The third-order valence-corrected chi connectivity index (χ3v) is 4.83. The molecule has 1 heterocycles. The Morgan fingerprint density at radius 1 is 1.43 bits per heavy atom. The fourth-order valence-corrected chi connectivity index (χ4v) is 3.44. The van der Waals surface area contributed by atoms with Crippen LogP contribution in [-0.4, -0.2) is 33.5 Å². The number of carbonyl (C=O) groups is 1. The van der Waals surface area contributed by atoms with E-state index in [0.29, 0.717) is 16.6 Å². The van der Waals surface area contributed by atoms with Crippen molar-refractivity contribution in [2.24, 2.45) is 7.05 Å². The summed E-state index contributed by atoms with van der Waals surface area (Å²) in [7, 11) is 3.40. The molecule has 1 aromatic heterocycles. The molecule has 21 heavy (non-hydrogen) atoms. The van der Waals surface area contributed by atoms with E-state index in [0.717, 1.165) is 8.95 Å². The molecular weight excluding hydrogens is 424 g/mol. The van der Waals surface area contributed by atoms with E-state index in [1.165, 1.54) is 11.8 Å². The van der Waals surface area contributed by atoms with Gasteiger partial charge >= 0.3 is 0 Å². The zero-order valence-electron chi connectivity index (χ0n) is 11.3. The van der Waals surface area contributed by atoms with E-state index >= 15 is 0 Å². The Labute approximate surface area is 142 Å². The molecule has 1 aromatic carbocycles. The maximum Gasteiger partial charge on any atom is 0.234 e. The van der Waals surface area contributed by atoms with Crippen molar-refractivity contribution in [3.05, 3.63) is 27.4 Å². The molecule has 0 atom stereocenters. The van der Waals surface area contributed by atoms with Crippen molar-refractivity contribution in [3.8, 4) is 5.75 Å². The molecule has 6 nitrogen and oxygen atoms in total. The number of aromatic nitrogens is 3.